The molecule has 1 aliphatic heterocycles. The van der Waals surface area contributed by atoms with Gasteiger partial charge in [-0.2, -0.15) is 0 Å². The number of nitrogens with zero attached hydrogens (tertiary/aromatic N) is 1. The Balaban J connectivity index is 1.81. The molecule has 2 aliphatic rings. The van der Waals surface area contributed by atoms with E-state index >= 15 is 0 Å². The molecule has 100 valence electrons. The molecule has 0 bridgehead atoms. The Morgan fingerprint density at radius 1 is 1.00 bits per heavy atom. The van der Waals surface area contributed by atoms with Crippen LogP contribution in [0.1, 0.15) is 51.4 Å². The molecule has 1 unspecified atom stereocenters. The molecule has 2 rings (SSSR count). The quantitative estimate of drug-likeness (QED) is 0.768. The lowest BCUT2D eigenvalue weighted by atomic mass is 9.93. The maximum atomic E-state index is 9.23. The van der Waals surface area contributed by atoms with E-state index in [1.807, 2.05) is 0 Å². The zero-order valence-corrected chi connectivity index (χ0v) is 11.0. The third kappa shape index (κ3) is 4.23. The molecule has 0 aromatic heterocycles. The maximum absolute atomic E-state index is 9.23. The van der Waals surface area contributed by atoms with Gasteiger partial charge < -0.3 is 10.4 Å². The van der Waals surface area contributed by atoms with Crippen LogP contribution in [0, 0.1) is 0 Å². The summed E-state index contributed by atoms with van der Waals surface area (Å²) >= 11 is 0. The first-order valence-corrected chi connectivity index (χ1v) is 7.48. The van der Waals surface area contributed by atoms with Crippen LogP contribution >= 0.6 is 0 Å². The van der Waals surface area contributed by atoms with Gasteiger partial charge in [0, 0.05) is 25.2 Å². The Hall–Kier alpha value is -0.120. The largest absolute Gasteiger partial charge is 0.395 e. The van der Waals surface area contributed by atoms with Gasteiger partial charge in [0.15, 0.2) is 0 Å². The fourth-order valence-corrected chi connectivity index (χ4v) is 3.36. The summed E-state index contributed by atoms with van der Waals surface area (Å²) in [6.45, 7) is 3.50. The molecule has 0 aromatic carbocycles. The summed E-state index contributed by atoms with van der Waals surface area (Å²) in [6, 6.07) is 1.40. The van der Waals surface area contributed by atoms with E-state index in [2.05, 4.69) is 10.2 Å². The van der Waals surface area contributed by atoms with Gasteiger partial charge in [-0.1, -0.05) is 25.7 Å². The van der Waals surface area contributed by atoms with E-state index in [4.69, 9.17) is 0 Å². The average molecular weight is 240 g/mol. The summed E-state index contributed by atoms with van der Waals surface area (Å²) in [4.78, 5) is 2.54. The second-order valence-electron chi connectivity index (χ2n) is 5.66. The summed E-state index contributed by atoms with van der Waals surface area (Å²) < 4.78 is 0. The SMILES string of the molecule is OCCN(CC1CCCCN1)C1CCCCC1. The highest BCUT2D eigenvalue weighted by Crippen LogP contribution is 2.23. The number of rotatable bonds is 5. The topological polar surface area (TPSA) is 35.5 Å². The van der Waals surface area contributed by atoms with Crippen molar-refractivity contribution in [2.45, 2.75) is 63.5 Å². The molecule has 17 heavy (non-hydrogen) atoms. The van der Waals surface area contributed by atoms with Crippen molar-refractivity contribution in [1.82, 2.24) is 10.2 Å². The number of nitrogens with one attached hydrogen (secondary N) is 1. The van der Waals surface area contributed by atoms with E-state index in [1.54, 1.807) is 0 Å². The molecule has 1 heterocycles. The first-order chi connectivity index (χ1) is 8.40. The minimum Gasteiger partial charge on any atom is -0.395 e. The van der Waals surface area contributed by atoms with Crippen LogP contribution in [0.15, 0.2) is 0 Å². The molecule has 0 aromatic rings. The second kappa shape index (κ2) is 7.34. The zero-order valence-electron chi connectivity index (χ0n) is 11.0. The number of aliphatic hydroxyl groups is 1. The fourth-order valence-electron chi connectivity index (χ4n) is 3.36. The number of hydrogen-bond donors (Lipinski definition) is 2. The Kier molecular flexibility index (Phi) is 5.75. The highest BCUT2D eigenvalue weighted by molar-refractivity contribution is 4.81. The van der Waals surface area contributed by atoms with Crippen molar-refractivity contribution in [2.75, 3.05) is 26.2 Å². The van der Waals surface area contributed by atoms with Gasteiger partial charge in [0.2, 0.25) is 0 Å². The fraction of sp³-hybridized carbons (Fsp3) is 1.00. The monoisotopic (exact) mass is 240 g/mol. The highest BCUT2D eigenvalue weighted by Gasteiger charge is 2.24. The molecule has 0 amide bonds. The van der Waals surface area contributed by atoms with Crippen molar-refractivity contribution in [3.63, 3.8) is 0 Å². The van der Waals surface area contributed by atoms with Crippen LogP contribution in [0.2, 0.25) is 0 Å². The minimum atomic E-state index is 0.309. The van der Waals surface area contributed by atoms with Crippen LogP contribution in [-0.4, -0.2) is 48.3 Å². The van der Waals surface area contributed by atoms with Gasteiger partial charge in [0.1, 0.15) is 0 Å². The minimum absolute atomic E-state index is 0.309. The third-order valence-corrected chi connectivity index (χ3v) is 4.35. The summed E-state index contributed by atoms with van der Waals surface area (Å²) in [7, 11) is 0. The highest BCUT2D eigenvalue weighted by atomic mass is 16.3. The van der Waals surface area contributed by atoms with Crippen molar-refractivity contribution in [3.05, 3.63) is 0 Å². The number of aliphatic hydroxyl groups excluding tert-OH is 1. The Morgan fingerprint density at radius 2 is 1.76 bits per heavy atom. The molecule has 3 nitrogen and oxygen atoms in total. The van der Waals surface area contributed by atoms with Crippen molar-refractivity contribution in [1.29, 1.82) is 0 Å². The van der Waals surface area contributed by atoms with Crippen molar-refractivity contribution < 1.29 is 5.11 Å². The molecule has 2 N–H and O–H groups in total. The van der Waals surface area contributed by atoms with E-state index in [0.717, 1.165) is 19.1 Å². The van der Waals surface area contributed by atoms with Crippen molar-refractivity contribution in [2.24, 2.45) is 0 Å². The Bertz CT molecular complexity index is 198. The van der Waals surface area contributed by atoms with Crippen LogP contribution in [0.5, 0.6) is 0 Å². The first-order valence-electron chi connectivity index (χ1n) is 7.48. The molecular weight excluding hydrogens is 212 g/mol. The van der Waals surface area contributed by atoms with Crippen molar-refractivity contribution >= 4 is 0 Å². The molecular formula is C14H28N2O. The standard InChI is InChI=1S/C14H28N2O/c17-11-10-16(14-7-2-1-3-8-14)12-13-6-4-5-9-15-13/h13-15,17H,1-12H2. The van der Waals surface area contributed by atoms with Gasteiger partial charge >= 0.3 is 0 Å². The normalized spacial score (nSPS) is 27.5. The molecule has 0 spiro atoms. The number of piperidine rings is 1. The summed E-state index contributed by atoms with van der Waals surface area (Å²) in [5.41, 5.74) is 0. The predicted molar refractivity (Wildman–Crippen MR) is 71.2 cm³/mol. The van der Waals surface area contributed by atoms with Gasteiger partial charge in [0.05, 0.1) is 6.61 Å². The van der Waals surface area contributed by atoms with E-state index in [1.165, 1.54) is 57.9 Å². The lowest BCUT2D eigenvalue weighted by Gasteiger charge is -2.37. The molecule has 1 saturated carbocycles. The average Bonchev–Trinajstić information content (AvgIpc) is 2.40. The van der Waals surface area contributed by atoms with Crippen molar-refractivity contribution in [3.8, 4) is 0 Å². The summed E-state index contributed by atoms with van der Waals surface area (Å²) in [5, 5.41) is 12.9. The molecule has 0 radical (unpaired) electrons. The van der Waals surface area contributed by atoms with E-state index in [9.17, 15) is 5.11 Å². The van der Waals surface area contributed by atoms with Crippen LogP contribution in [-0.2, 0) is 0 Å². The molecule has 1 saturated heterocycles. The molecule has 1 atom stereocenters. The first kappa shape index (κ1) is 13.3. The Labute approximate surface area is 106 Å². The van der Waals surface area contributed by atoms with Gasteiger partial charge in [-0.05, 0) is 32.2 Å². The number of hydrogen-bond acceptors (Lipinski definition) is 3. The van der Waals surface area contributed by atoms with Crippen LogP contribution in [0.25, 0.3) is 0 Å². The van der Waals surface area contributed by atoms with Gasteiger partial charge in [-0.25, -0.2) is 0 Å². The Morgan fingerprint density at radius 3 is 2.41 bits per heavy atom. The van der Waals surface area contributed by atoms with Crippen LogP contribution in [0.4, 0.5) is 0 Å². The van der Waals surface area contributed by atoms with E-state index in [-0.39, 0.29) is 0 Å². The second-order valence-corrected chi connectivity index (χ2v) is 5.66. The van der Waals surface area contributed by atoms with Crippen LogP contribution in [0.3, 0.4) is 0 Å². The lowest BCUT2D eigenvalue weighted by Crippen LogP contribution is -2.48. The van der Waals surface area contributed by atoms with Gasteiger partial charge in [-0.3, -0.25) is 4.90 Å². The molecule has 1 aliphatic carbocycles. The maximum Gasteiger partial charge on any atom is 0.0558 e. The third-order valence-electron chi connectivity index (χ3n) is 4.35. The van der Waals surface area contributed by atoms with Crippen LogP contribution < -0.4 is 5.32 Å². The summed E-state index contributed by atoms with van der Waals surface area (Å²) in [5.74, 6) is 0. The van der Waals surface area contributed by atoms with Gasteiger partial charge in [0.25, 0.3) is 0 Å². The molecule has 3 heteroatoms. The smallest absolute Gasteiger partial charge is 0.0558 e. The van der Waals surface area contributed by atoms with E-state index in [0.29, 0.717) is 12.6 Å². The van der Waals surface area contributed by atoms with Gasteiger partial charge in [-0.15, -0.1) is 0 Å². The lowest BCUT2D eigenvalue weighted by molar-refractivity contribution is 0.108. The van der Waals surface area contributed by atoms with E-state index < -0.39 is 0 Å². The zero-order chi connectivity index (χ0) is 11.9. The summed E-state index contributed by atoms with van der Waals surface area (Å²) in [6.07, 6.45) is 10.9. The molecule has 2 fully saturated rings. The predicted octanol–water partition coefficient (Wildman–Crippen LogP) is 1.76.